The molecule has 0 spiro atoms. The molecule has 3 nitrogen and oxygen atoms in total. The van der Waals surface area contributed by atoms with Crippen LogP contribution in [0.2, 0.25) is 0 Å². The predicted molar refractivity (Wildman–Crippen MR) is 174 cm³/mol. The summed E-state index contributed by atoms with van der Waals surface area (Å²) in [6.45, 7) is 4.70. The second kappa shape index (κ2) is 8.37. The highest BCUT2D eigenvalue weighted by atomic mass is 15.0. The standard InChI is InChI=1S/C39H27N3/c1-39(2)32-17-8-7-15-29(32)30-20-21-33-35(36(30)39)37-34(42(33)27-19-18-24-10-3-4-12-26(24)22-27)23-40-38(41-37)31-16-9-13-25-11-5-6-14-28(25)31/h3-23H,1-2H3. The van der Waals surface area contributed by atoms with Gasteiger partial charge in [0, 0.05) is 22.1 Å². The van der Waals surface area contributed by atoms with Crippen LogP contribution in [0.15, 0.2) is 128 Å². The molecule has 42 heavy (non-hydrogen) atoms. The lowest BCUT2D eigenvalue weighted by Gasteiger charge is -2.22. The fourth-order valence-corrected chi connectivity index (χ4v) is 7.29. The Kier molecular flexibility index (Phi) is 4.67. The van der Waals surface area contributed by atoms with Crippen LogP contribution in [0.4, 0.5) is 0 Å². The van der Waals surface area contributed by atoms with E-state index in [9.17, 15) is 0 Å². The molecule has 8 aromatic rings. The van der Waals surface area contributed by atoms with Crippen molar-refractivity contribution in [3.8, 4) is 28.2 Å². The molecule has 0 aliphatic heterocycles. The number of fused-ring (bicyclic) bond motifs is 9. The highest BCUT2D eigenvalue weighted by Crippen LogP contribution is 2.53. The third-order valence-corrected chi connectivity index (χ3v) is 9.21. The average molecular weight is 538 g/mol. The summed E-state index contributed by atoms with van der Waals surface area (Å²) in [5, 5.41) is 6.01. The average Bonchev–Trinajstić information content (AvgIpc) is 3.49. The van der Waals surface area contributed by atoms with Crippen molar-refractivity contribution in [1.29, 1.82) is 0 Å². The Morgan fingerprint density at radius 1 is 0.595 bits per heavy atom. The Labute approximate surface area is 243 Å². The van der Waals surface area contributed by atoms with Gasteiger partial charge in [0.05, 0.1) is 17.2 Å². The van der Waals surface area contributed by atoms with Gasteiger partial charge in [0.2, 0.25) is 0 Å². The monoisotopic (exact) mass is 537 g/mol. The van der Waals surface area contributed by atoms with Gasteiger partial charge in [-0.25, -0.2) is 9.97 Å². The van der Waals surface area contributed by atoms with E-state index in [0.29, 0.717) is 0 Å². The van der Waals surface area contributed by atoms with Crippen molar-refractivity contribution in [2.75, 3.05) is 0 Å². The zero-order valence-electron chi connectivity index (χ0n) is 23.5. The van der Waals surface area contributed by atoms with Gasteiger partial charge < -0.3 is 4.57 Å². The van der Waals surface area contributed by atoms with Crippen LogP contribution in [0.5, 0.6) is 0 Å². The van der Waals surface area contributed by atoms with Crippen LogP contribution in [-0.4, -0.2) is 14.5 Å². The maximum atomic E-state index is 5.41. The van der Waals surface area contributed by atoms with E-state index in [4.69, 9.17) is 9.97 Å². The molecule has 0 N–H and O–H groups in total. The Morgan fingerprint density at radius 3 is 2.24 bits per heavy atom. The molecule has 0 amide bonds. The molecule has 0 saturated carbocycles. The molecule has 0 radical (unpaired) electrons. The van der Waals surface area contributed by atoms with Crippen molar-refractivity contribution in [1.82, 2.24) is 14.5 Å². The smallest absolute Gasteiger partial charge is 0.160 e. The zero-order valence-corrected chi connectivity index (χ0v) is 23.5. The van der Waals surface area contributed by atoms with Crippen molar-refractivity contribution >= 4 is 43.5 Å². The number of aromatic nitrogens is 3. The fourth-order valence-electron chi connectivity index (χ4n) is 7.29. The molecule has 2 aromatic heterocycles. The molecule has 0 fully saturated rings. The van der Waals surface area contributed by atoms with Crippen LogP contribution in [0.3, 0.4) is 0 Å². The molecule has 1 aliphatic rings. The van der Waals surface area contributed by atoms with E-state index in [0.717, 1.165) is 39.0 Å². The van der Waals surface area contributed by atoms with Gasteiger partial charge >= 0.3 is 0 Å². The molecular weight excluding hydrogens is 510 g/mol. The van der Waals surface area contributed by atoms with Gasteiger partial charge in [0.25, 0.3) is 0 Å². The van der Waals surface area contributed by atoms with E-state index in [1.54, 1.807) is 0 Å². The minimum Gasteiger partial charge on any atom is -0.306 e. The Morgan fingerprint density at radius 2 is 1.33 bits per heavy atom. The summed E-state index contributed by atoms with van der Waals surface area (Å²) < 4.78 is 2.35. The first-order chi connectivity index (χ1) is 20.6. The summed E-state index contributed by atoms with van der Waals surface area (Å²) in [7, 11) is 0. The van der Waals surface area contributed by atoms with E-state index in [2.05, 4.69) is 140 Å². The van der Waals surface area contributed by atoms with Gasteiger partial charge in [0.15, 0.2) is 5.82 Å². The molecule has 1 aliphatic carbocycles. The second-order valence-electron chi connectivity index (χ2n) is 11.9. The quantitative estimate of drug-likeness (QED) is 0.220. The lowest BCUT2D eigenvalue weighted by molar-refractivity contribution is 0.666. The van der Waals surface area contributed by atoms with E-state index < -0.39 is 0 Å². The zero-order chi connectivity index (χ0) is 28.0. The van der Waals surface area contributed by atoms with Crippen LogP contribution in [0.25, 0.3) is 71.7 Å². The molecule has 2 heterocycles. The lowest BCUT2D eigenvalue weighted by atomic mass is 9.81. The van der Waals surface area contributed by atoms with Crippen molar-refractivity contribution < 1.29 is 0 Å². The maximum absolute atomic E-state index is 5.41. The first-order valence-corrected chi connectivity index (χ1v) is 14.5. The molecule has 6 aromatic carbocycles. The van der Waals surface area contributed by atoms with Crippen LogP contribution < -0.4 is 0 Å². The van der Waals surface area contributed by atoms with Crippen LogP contribution in [-0.2, 0) is 5.41 Å². The molecule has 0 unspecified atom stereocenters. The number of nitrogens with zero attached hydrogens (tertiary/aromatic N) is 3. The molecule has 0 saturated heterocycles. The highest BCUT2D eigenvalue weighted by Gasteiger charge is 2.38. The van der Waals surface area contributed by atoms with Crippen molar-refractivity contribution in [2.45, 2.75) is 19.3 Å². The summed E-state index contributed by atoms with van der Waals surface area (Å²) in [5.74, 6) is 0.753. The molecule has 3 heteroatoms. The fraction of sp³-hybridized carbons (Fsp3) is 0.0769. The van der Waals surface area contributed by atoms with Crippen molar-refractivity contribution in [2.24, 2.45) is 0 Å². The third kappa shape index (κ3) is 3.11. The Bertz CT molecular complexity index is 2390. The van der Waals surface area contributed by atoms with E-state index >= 15 is 0 Å². The van der Waals surface area contributed by atoms with Gasteiger partial charge in [-0.05, 0) is 62.0 Å². The first-order valence-electron chi connectivity index (χ1n) is 14.5. The van der Waals surface area contributed by atoms with Crippen molar-refractivity contribution in [3.63, 3.8) is 0 Å². The highest BCUT2D eigenvalue weighted by molar-refractivity contribution is 6.13. The summed E-state index contributed by atoms with van der Waals surface area (Å²) >= 11 is 0. The Hall–Kier alpha value is -5.28. The SMILES string of the molecule is CC1(C)c2ccccc2-c2ccc3c(c21)c1nc(-c2cccc4ccccc24)ncc1n3-c1ccc2ccccc2c1. The van der Waals surface area contributed by atoms with Gasteiger partial charge in [-0.15, -0.1) is 0 Å². The van der Waals surface area contributed by atoms with Crippen LogP contribution in [0.1, 0.15) is 25.0 Å². The number of rotatable bonds is 2. The minimum absolute atomic E-state index is 0.168. The topological polar surface area (TPSA) is 30.7 Å². The third-order valence-electron chi connectivity index (χ3n) is 9.21. The largest absolute Gasteiger partial charge is 0.306 e. The number of hydrogen-bond donors (Lipinski definition) is 0. The summed E-state index contributed by atoms with van der Waals surface area (Å²) in [6.07, 6.45) is 2.02. The van der Waals surface area contributed by atoms with Crippen LogP contribution in [0, 0.1) is 0 Å². The second-order valence-corrected chi connectivity index (χ2v) is 11.9. The summed E-state index contributed by atoms with van der Waals surface area (Å²) in [6, 6.07) is 43.5. The minimum atomic E-state index is -0.168. The van der Waals surface area contributed by atoms with Gasteiger partial charge in [0.1, 0.15) is 5.52 Å². The number of benzene rings is 6. The normalized spacial score (nSPS) is 13.7. The van der Waals surface area contributed by atoms with Gasteiger partial charge in [-0.1, -0.05) is 117 Å². The lowest BCUT2D eigenvalue weighted by Crippen LogP contribution is -2.15. The van der Waals surface area contributed by atoms with E-state index in [-0.39, 0.29) is 5.41 Å². The van der Waals surface area contributed by atoms with Crippen LogP contribution >= 0.6 is 0 Å². The first kappa shape index (κ1) is 23.4. The summed E-state index contributed by atoms with van der Waals surface area (Å²) in [4.78, 5) is 10.4. The maximum Gasteiger partial charge on any atom is 0.160 e. The molecule has 0 atom stereocenters. The molecule has 9 rings (SSSR count). The Balaban J connectivity index is 1.42. The van der Waals surface area contributed by atoms with E-state index in [1.807, 2.05) is 6.20 Å². The number of hydrogen-bond acceptors (Lipinski definition) is 2. The van der Waals surface area contributed by atoms with E-state index in [1.165, 1.54) is 43.8 Å². The molecule has 0 bridgehead atoms. The van der Waals surface area contributed by atoms with Crippen molar-refractivity contribution in [3.05, 3.63) is 139 Å². The molecular formula is C39H27N3. The predicted octanol–water partition coefficient (Wildman–Crippen LogP) is 9.85. The molecule has 198 valence electrons. The summed E-state index contributed by atoms with van der Waals surface area (Å²) in [5.41, 5.74) is 10.5. The van der Waals surface area contributed by atoms with Gasteiger partial charge in [-0.2, -0.15) is 0 Å². The van der Waals surface area contributed by atoms with Gasteiger partial charge in [-0.3, -0.25) is 0 Å².